The molecule has 22 heavy (non-hydrogen) atoms. The number of carbonyl (C=O) groups is 1. The number of aryl methyl sites for hydroxylation is 1. The number of aromatic nitrogens is 2. The normalized spacial score (nSPS) is 18.1. The summed E-state index contributed by atoms with van der Waals surface area (Å²) in [7, 11) is 1.88. The second kappa shape index (κ2) is 7.97. The quantitative estimate of drug-likeness (QED) is 0.873. The Morgan fingerprint density at radius 2 is 2.23 bits per heavy atom. The molecule has 0 spiro atoms. The van der Waals surface area contributed by atoms with Gasteiger partial charge in [0.2, 0.25) is 5.91 Å². The van der Waals surface area contributed by atoms with Crippen LogP contribution in [0.2, 0.25) is 0 Å². The summed E-state index contributed by atoms with van der Waals surface area (Å²) in [5, 5.41) is 10.8. The molecule has 1 aliphatic rings. The van der Waals surface area contributed by atoms with Crippen molar-refractivity contribution >= 4 is 24.1 Å². The topological polar surface area (TPSA) is 59.0 Å². The molecule has 1 unspecified atom stereocenters. The largest absolute Gasteiger partial charge is 0.316 e. The number of nitrogens with one attached hydrogen (secondary N) is 2. The molecule has 2 rings (SSSR count). The smallest absolute Gasteiger partial charge is 0.225 e. The van der Waals surface area contributed by atoms with Crippen LogP contribution in [-0.4, -0.2) is 28.8 Å². The second-order valence-electron chi connectivity index (χ2n) is 7.33. The molecular weight excluding hydrogens is 300 g/mol. The van der Waals surface area contributed by atoms with Crippen LogP contribution in [0.5, 0.6) is 0 Å². The van der Waals surface area contributed by atoms with Gasteiger partial charge in [-0.05, 0) is 43.7 Å². The zero-order valence-corrected chi connectivity index (χ0v) is 14.9. The van der Waals surface area contributed by atoms with Gasteiger partial charge in [0.1, 0.15) is 5.82 Å². The van der Waals surface area contributed by atoms with Crippen molar-refractivity contribution in [2.75, 3.05) is 18.4 Å². The van der Waals surface area contributed by atoms with Gasteiger partial charge in [-0.15, -0.1) is 12.4 Å². The van der Waals surface area contributed by atoms with Gasteiger partial charge in [0.25, 0.3) is 0 Å². The van der Waals surface area contributed by atoms with Crippen LogP contribution < -0.4 is 10.6 Å². The molecule has 2 N–H and O–H groups in total. The molecule has 6 heteroatoms. The molecule has 1 aromatic rings. The third-order valence-electron chi connectivity index (χ3n) is 3.85. The van der Waals surface area contributed by atoms with E-state index in [1.807, 2.05) is 13.1 Å². The van der Waals surface area contributed by atoms with Crippen molar-refractivity contribution in [3.05, 3.63) is 11.8 Å². The molecule has 0 aromatic carbocycles. The van der Waals surface area contributed by atoms with E-state index in [9.17, 15) is 4.79 Å². The lowest BCUT2D eigenvalue weighted by atomic mass is 9.91. The number of hydrogen-bond acceptors (Lipinski definition) is 3. The molecule has 0 saturated carbocycles. The third kappa shape index (κ3) is 5.97. The number of hydrogen-bond donors (Lipinski definition) is 2. The molecular formula is C16H29ClN4O. The highest BCUT2D eigenvalue weighted by molar-refractivity contribution is 5.89. The number of anilines is 1. The fourth-order valence-electron chi connectivity index (χ4n) is 2.77. The van der Waals surface area contributed by atoms with Crippen molar-refractivity contribution in [1.82, 2.24) is 15.1 Å². The molecule has 0 radical (unpaired) electrons. The lowest BCUT2D eigenvalue weighted by Crippen LogP contribution is -2.16. The van der Waals surface area contributed by atoms with Crippen molar-refractivity contribution < 1.29 is 4.79 Å². The Labute approximate surface area is 139 Å². The third-order valence-corrected chi connectivity index (χ3v) is 3.85. The number of carbonyl (C=O) groups excluding carboxylic acids is 1. The van der Waals surface area contributed by atoms with Gasteiger partial charge in [0.05, 0.1) is 5.69 Å². The molecule has 1 saturated heterocycles. The monoisotopic (exact) mass is 328 g/mol. The zero-order chi connectivity index (χ0) is 15.5. The Bertz CT molecular complexity index is 487. The lowest BCUT2D eigenvalue weighted by molar-refractivity contribution is -0.116. The van der Waals surface area contributed by atoms with E-state index in [-0.39, 0.29) is 23.7 Å². The Morgan fingerprint density at radius 1 is 1.50 bits per heavy atom. The van der Waals surface area contributed by atoms with Crippen LogP contribution in [0.4, 0.5) is 5.82 Å². The molecule has 1 fully saturated rings. The molecule has 1 aliphatic heterocycles. The predicted octanol–water partition coefficient (Wildman–Crippen LogP) is 2.76. The van der Waals surface area contributed by atoms with E-state index in [0.29, 0.717) is 12.3 Å². The predicted molar refractivity (Wildman–Crippen MR) is 92.5 cm³/mol. The Balaban J connectivity index is 0.00000242. The summed E-state index contributed by atoms with van der Waals surface area (Å²) in [6.07, 6.45) is 3.65. The van der Waals surface area contributed by atoms with Crippen LogP contribution >= 0.6 is 12.4 Å². The van der Waals surface area contributed by atoms with Gasteiger partial charge in [-0.25, -0.2) is 0 Å². The summed E-state index contributed by atoms with van der Waals surface area (Å²) in [5.74, 6) is 1.54. The number of halogens is 1. The molecule has 0 aliphatic carbocycles. The van der Waals surface area contributed by atoms with Crippen molar-refractivity contribution in [1.29, 1.82) is 0 Å². The highest BCUT2D eigenvalue weighted by atomic mass is 35.5. The molecule has 0 bridgehead atoms. The lowest BCUT2D eigenvalue weighted by Gasteiger charge is -2.15. The van der Waals surface area contributed by atoms with E-state index in [0.717, 1.165) is 37.4 Å². The molecule has 1 atom stereocenters. The highest BCUT2D eigenvalue weighted by Gasteiger charge is 2.18. The van der Waals surface area contributed by atoms with E-state index < -0.39 is 0 Å². The average Bonchev–Trinajstić information content (AvgIpc) is 2.96. The maximum Gasteiger partial charge on any atom is 0.225 e. The molecule has 1 aromatic heterocycles. The van der Waals surface area contributed by atoms with Gasteiger partial charge in [0, 0.05) is 19.5 Å². The van der Waals surface area contributed by atoms with Gasteiger partial charge in [-0.3, -0.25) is 9.48 Å². The standard InChI is InChI=1S/C16H28N4O.ClH/c1-16(2,3)10-13-9-14(20(4)19-13)18-15(21)6-5-12-7-8-17-11-12;/h9,12,17H,5-8,10-11H2,1-4H3,(H,18,21);1H. The Kier molecular flexibility index (Phi) is 6.88. The summed E-state index contributed by atoms with van der Waals surface area (Å²) in [6, 6.07) is 1.99. The van der Waals surface area contributed by atoms with E-state index >= 15 is 0 Å². The van der Waals surface area contributed by atoms with E-state index in [1.54, 1.807) is 4.68 Å². The van der Waals surface area contributed by atoms with Gasteiger partial charge >= 0.3 is 0 Å². The first kappa shape index (κ1) is 19.0. The van der Waals surface area contributed by atoms with Crippen molar-refractivity contribution in [3.8, 4) is 0 Å². The second-order valence-corrected chi connectivity index (χ2v) is 7.33. The Hall–Kier alpha value is -1.07. The van der Waals surface area contributed by atoms with Crippen LogP contribution in [0.15, 0.2) is 6.07 Å². The molecule has 5 nitrogen and oxygen atoms in total. The first-order valence-electron chi connectivity index (χ1n) is 7.87. The Morgan fingerprint density at radius 3 is 2.82 bits per heavy atom. The summed E-state index contributed by atoms with van der Waals surface area (Å²) >= 11 is 0. The van der Waals surface area contributed by atoms with Crippen molar-refractivity contribution in [2.45, 2.75) is 46.5 Å². The average molecular weight is 329 g/mol. The van der Waals surface area contributed by atoms with Crippen molar-refractivity contribution in [3.63, 3.8) is 0 Å². The maximum absolute atomic E-state index is 12.0. The SMILES string of the molecule is Cl.Cn1nc(CC(C)(C)C)cc1NC(=O)CCC1CCNC1. The summed E-state index contributed by atoms with van der Waals surface area (Å²) in [5.41, 5.74) is 1.23. The molecule has 126 valence electrons. The van der Waals surface area contributed by atoms with Crippen molar-refractivity contribution in [2.24, 2.45) is 18.4 Å². The van der Waals surface area contributed by atoms with E-state index in [1.165, 1.54) is 6.42 Å². The number of nitrogens with zero attached hydrogens (tertiary/aromatic N) is 2. The van der Waals surface area contributed by atoms with Gasteiger partial charge in [-0.2, -0.15) is 5.10 Å². The van der Waals surface area contributed by atoms with Crippen LogP contribution in [0.1, 0.15) is 45.7 Å². The first-order chi connectivity index (χ1) is 9.83. The minimum absolute atomic E-state index is 0. The minimum Gasteiger partial charge on any atom is -0.316 e. The number of rotatable bonds is 5. The van der Waals surface area contributed by atoms with E-state index in [2.05, 4.69) is 36.5 Å². The highest BCUT2D eigenvalue weighted by Crippen LogP contribution is 2.22. The molecule has 2 heterocycles. The zero-order valence-electron chi connectivity index (χ0n) is 14.1. The van der Waals surface area contributed by atoms with Crippen LogP contribution in [-0.2, 0) is 18.3 Å². The molecule has 1 amide bonds. The summed E-state index contributed by atoms with van der Waals surface area (Å²) in [4.78, 5) is 12.0. The fraction of sp³-hybridized carbons (Fsp3) is 0.750. The summed E-state index contributed by atoms with van der Waals surface area (Å²) < 4.78 is 1.76. The fourth-order valence-corrected chi connectivity index (χ4v) is 2.77. The summed E-state index contributed by atoms with van der Waals surface area (Å²) in [6.45, 7) is 8.71. The minimum atomic E-state index is 0. The van der Waals surface area contributed by atoms with Gasteiger partial charge in [-0.1, -0.05) is 20.8 Å². The van der Waals surface area contributed by atoms with Gasteiger partial charge in [0.15, 0.2) is 0 Å². The van der Waals surface area contributed by atoms with Crippen LogP contribution in [0.25, 0.3) is 0 Å². The van der Waals surface area contributed by atoms with Crippen LogP contribution in [0.3, 0.4) is 0 Å². The van der Waals surface area contributed by atoms with Gasteiger partial charge < -0.3 is 10.6 Å². The maximum atomic E-state index is 12.0. The van der Waals surface area contributed by atoms with Crippen LogP contribution in [0, 0.1) is 11.3 Å². The van der Waals surface area contributed by atoms with E-state index in [4.69, 9.17) is 0 Å². The first-order valence-corrected chi connectivity index (χ1v) is 7.87. The number of amides is 1.